The van der Waals surface area contributed by atoms with Gasteiger partial charge in [0.25, 0.3) is 0 Å². The van der Waals surface area contributed by atoms with Crippen molar-refractivity contribution in [2.24, 2.45) is 0 Å². The average Bonchev–Trinajstić information content (AvgIpc) is 2.22. The number of allylic oxidation sites excluding steroid dienone is 1. The topological polar surface area (TPSA) is 83.8 Å². The molecular formula is C13H22O5. The van der Waals surface area contributed by atoms with E-state index in [1.807, 2.05) is 20.8 Å². The van der Waals surface area contributed by atoms with Crippen LogP contribution in [0.1, 0.15) is 40.0 Å². The van der Waals surface area contributed by atoms with E-state index in [4.69, 9.17) is 10.2 Å². The van der Waals surface area contributed by atoms with Gasteiger partial charge in [-0.1, -0.05) is 18.9 Å². The number of rotatable bonds is 6. The first kappa shape index (κ1) is 18.6. The molecule has 0 saturated carbocycles. The lowest BCUT2D eigenvalue weighted by Gasteiger charge is -2.06. The van der Waals surface area contributed by atoms with Crippen LogP contribution in [0.2, 0.25) is 0 Å². The van der Waals surface area contributed by atoms with Crippen molar-refractivity contribution >= 4 is 11.9 Å². The lowest BCUT2D eigenvalue weighted by atomic mass is 10.1. The van der Waals surface area contributed by atoms with E-state index in [9.17, 15) is 9.59 Å². The Hall–Kier alpha value is -1.78. The predicted octanol–water partition coefficient (Wildman–Crippen LogP) is 2.83. The molecule has 0 aromatic heterocycles. The zero-order valence-electron chi connectivity index (χ0n) is 11.4. The maximum absolute atomic E-state index is 10.7. The van der Waals surface area contributed by atoms with E-state index in [0.717, 1.165) is 13.5 Å². The van der Waals surface area contributed by atoms with Gasteiger partial charge in [0.1, 0.15) is 0 Å². The highest BCUT2D eigenvalue weighted by atomic mass is 16.5. The van der Waals surface area contributed by atoms with Gasteiger partial charge in [-0.15, -0.1) is 6.58 Å². The molecule has 18 heavy (non-hydrogen) atoms. The third kappa shape index (κ3) is 9.45. The second kappa shape index (κ2) is 10.4. The molecule has 0 aliphatic carbocycles. The molecule has 5 nitrogen and oxygen atoms in total. The highest BCUT2D eigenvalue weighted by Crippen LogP contribution is 2.14. The Morgan fingerprint density at radius 3 is 1.83 bits per heavy atom. The number of carboxylic acids is 2. The van der Waals surface area contributed by atoms with Crippen molar-refractivity contribution in [1.29, 1.82) is 0 Å². The molecule has 0 aliphatic heterocycles. The number of carboxylic acid groups (broad SMARTS) is 2. The summed E-state index contributed by atoms with van der Waals surface area (Å²) < 4.78 is 4.53. The molecule has 0 aromatic carbocycles. The summed E-state index contributed by atoms with van der Waals surface area (Å²) in [5.74, 6) is -3.07. The number of hydrogen-bond donors (Lipinski definition) is 2. The summed E-state index contributed by atoms with van der Waals surface area (Å²) in [6, 6.07) is 0. The summed E-state index contributed by atoms with van der Waals surface area (Å²) in [5, 5.41) is 17.4. The molecule has 0 rings (SSSR count). The zero-order valence-corrected chi connectivity index (χ0v) is 11.4. The van der Waals surface area contributed by atoms with Gasteiger partial charge in [0, 0.05) is 0 Å². The molecule has 0 fully saturated rings. The summed E-state index contributed by atoms with van der Waals surface area (Å²) in [4.78, 5) is 21.3. The molecule has 0 atom stereocenters. The van der Waals surface area contributed by atoms with Gasteiger partial charge in [0.05, 0.1) is 12.7 Å². The van der Waals surface area contributed by atoms with Gasteiger partial charge < -0.3 is 14.9 Å². The maximum Gasteiger partial charge on any atom is 0.371 e. The summed E-state index contributed by atoms with van der Waals surface area (Å²) in [6.45, 7) is 9.40. The molecule has 5 heteroatoms. The molecule has 0 unspecified atom stereocenters. The third-order valence-electron chi connectivity index (χ3n) is 1.71. The highest BCUT2D eigenvalue weighted by Gasteiger charge is 2.20. The molecular weight excluding hydrogens is 236 g/mol. The Morgan fingerprint density at radius 2 is 1.61 bits per heavy atom. The molecule has 0 bridgehead atoms. The van der Waals surface area contributed by atoms with Crippen LogP contribution in [0.4, 0.5) is 0 Å². The van der Waals surface area contributed by atoms with E-state index in [0.29, 0.717) is 6.42 Å². The van der Waals surface area contributed by atoms with E-state index in [1.165, 1.54) is 5.57 Å². The minimum atomic E-state index is -1.35. The van der Waals surface area contributed by atoms with Crippen molar-refractivity contribution in [3.05, 3.63) is 23.5 Å². The lowest BCUT2D eigenvalue weighted by Crippen LogP contribution is -2.12. The van der Waals surface area contributed by atoms with Crippen molar-refractivity contribution in [3.63, 3.8) is 0 Å². The van der Waals surface area contributed by atoms with Crippen LogP contribution >= 0.6 is 0 Å². The van der Waals surface area contributed by atoms with Gasteiger partial charge >= 0.3 is 11.9 Å². The van der Waals surface area contributed by atoms with E-state index < -0.39 is 17.7 Å². The van der Waals surface area contributed by atoms with E-state index in [2.05, 4.69) is 11.3 Å². The first-order chi connectivity index (χ1) is 8.27. The quantitative estimate of drug-likeness (QED) is 0.435. The zero-order chi connectivity index (χ0) is 14.7. The fraction of sp³-hybridized carbons (Fsp3) is 0.538. The number of unbranched alkanes of at least 4 members (excludes halogenated alkanes) is 1. The van der Waals surface area contributed by atoms with Crippen molar-refractivity contribution < 1.29 is 24.5 Å². The van der Waals surface area contributed by atoms with Crippen LogP contribution in [0.15, 0.2) is 23.5 Å². The van der Waals surface area contributed by atoms with Crippen LogP contribution in [0.25, 0.3) is 0 Å². The highest BCUT2D eigenvalue weighted by molar-refractivity contribution is 5.97. The molecule has 104 valence electrons. The number of hydrogen-bond acceptors (Lipinski definition) is 3. The number of aliphatic carboxylic acids is 2. The maximum atomic E-state index is 10.7. The number of methoxy groups -OCH3 is 1. The average molecular weight is 258 g/mol. The van der Waals surface area contributed by atoms with Gasteiger partial charge in [-0.05, 0) is 26.7 Å². The Labute approximate surface area is 108 Å². The fourth-order valence-corrected chi connectivity index (χ4v) is 1.01. The second-order valence-corrected chi connectivity index (χ2v) is 3.93. The van der Waals surface area contributed by atoms with Crippen LogP contribution in [0.3, 0.4) is 0 Å². The molecule has 0 amide bonds. The first-order valence-corrected chi connectivity index (χ1v) is 5.63. The van der Waals surface area contributed by atoms with Gasteiger partial charge in [-0.25, -0.2) is 9.59 Å². The molecule has 0 spiro atoms. The molecule has 0 saturated heterocycles. The van der Waals surface area contributed by atoms with Crippen LogP contribution in [0.5, 0.6) is 0 Å². The second-order valence-electron chi connectivity index (χ2n) is 3.93. The number of ether oxygens (including phenoxy) is 1. The van der Waals surface area contributed by atoms with Crippen LogP contribution in [-0.2, 0) is 14.3 Å². The van der Waals surface area contributed by atoms with E-state index in [-0.39, 0.29) is 12.0 Å². The van der Waals surface area contributed by atoms with Gasteiger partial charge in [-0.3, -0.25) is 0 Å². The largest absolute Gasteiger partial charge is 0.489 e. The Bertz CT molecular complexity index is 324. The van der Waals surface area contributed by atoms with Crippen molar-refractivity contribution in [1.82, 2.24) is 0 Å². The summed E-state index contributed by atoms with van der Waals surface area (Å²) in [6.07, 6.45) is 1.64. The SMILES string of the molecule is C=C(C)C.CCCC/C(C(=O)O)=C(\OC)C(=O)O. The van der Waals surface area contributed by atoms with Crippen molar-refractivity contribution in [2.45, 2.75) is 40.0 Å². The van der Waals surface area contributed by atoms with Crippen molar-refractivity contribution in [3.8, 4) is 0 Å². The minimum Gasteiger partial charge on any atom is -0.489 e. The van der Waals surface area contributed by atoms with Crippen LogP contribution in [0, 0.1) is 0 Å². The van der Waals surface area contributed by atoms with Crippen LogP contribution in [-0.4, -0.2) is 29.3 Å². The first-order valence-electron chi connectivity index (χ1n) is 5.63. The van der Waals surface area contributed by atoms with E-state index in [1.54, 1.807) is 0 Å². The molecule has 0 heterocycles. The Kier molecular flexibility index (Phi) is 10.7. The third-order valence-corrected chi connectivity index (χ3v) is 1.71. The molecule has 0 aliphatic rings. The number of carbonyl (C=O) groups is 2. The van der Waals surface area contributed by atoms with Gasteiger partial charge in [0.15, 0.2) is 0 Å². The lowest BCUT2D eigenvalue weighted by molar-refractivity contribution is -0.139. The molecule has 2 N–H and O–H groups in total. The smallest absolute Gasteiger partial charge is 0.371 e. The van der Waals surface area contributed by atoms with E-state index >= 15 is 0 Å². The fourth-order valence-electron chi connectivity index (χ4n) is 1.01. The normalized spacial score (nSPS) is 10.7. The standard InChI is InChI=1S/C9H14O5.C4H8/c1-3-4-5-6(8(10)11)7(14-2)9(12)13;1-4(2)3/h3-5H2,1-2H3,(H,10,11)(H,12,13);1H2,2-3H3/b7-6+;. The molecule has 0 aromatic rings. The summed E-state index contributed by atoms with van der Waals surface area (Å²) >= 11 is 0. The van der Waals surface area contributed by atoms with Gasteiger partial charge in [-0.2, -0.15) is 0 Å². The van der Waals surface area contributed by atoms with Crippen LogP contribution < -0.4 is 0 Å². The monoisotopic (exact) mass is 258 g/mol. The summed E-state index contributed by atoms with van der Waals surface area (Å²) in [7, 11) is 1.15. The summed E-state index contributed by atoms with van der Waals surface area (Å²) in [5.41, 5.74) is 0.988. The Balaban J connectivity index is 0. The predicted molar refractivity (Wildman–Crippen MR) is 69.3 cm³/mol. The van der Waals surface area contributed by atoms with Gasteiger partial charge in [0.2, 0.25) is 5.76 Å². The minimum absolute atomic E-state index is 0.179. The Morgan fingerprint density at radius 1 is 1.17 bits per heavy atom. The van der Waals surface area contributed by atoms with Crippen molar-refractivity contribution in [2.75, 3.05) is 7.11 Å². The molecule has 0 radical (unpaired) electrons.